The second-order valence-electron chi connectivity index (χ2n) is 9.81. The average molecular weight is 576 g/mol. The van der Waals surface area contributed by atoms with Gasteiger partial charge in [-0.1, -0.05) is 69.7 Å². The molecule has 0 aliphatic rings. The van der Waals surface area contributed by atoms with Crippen LogP contribution in [0.15, 0.2) is 48.5 Å². The Hall–Kier alpha value is -2.36. The highest BCUT2D eigenvalue weighted by Crippen LogP contribution is 2.19. The predicted molar refractivity (Wildman–Crippen MR) is 164 cm³/mol. The Morgan fingerprint density at radius 3 is 1.49 bits per heavy atom. The largest absolute Gasteiger partial charge is 0.491 e. The molecule has 0 heterocycles. The van der Waals surface area contributed by atoms with Crippen molar-refractivity contribution in [2.45, 2.75) is 58.3 Å². The number of unbranched alkanes of at least 4 members (excludes halogenated alkanes) is 6. The van der Waals surface area contributed by atoms with Crippen LogP contribution in [0.3, 0.4) is 0 Å². The molecule has 2 N–H and O–H groups in total. The summed E-state index contributed by atoms with van der Waals surface area (Å²) in [5.74, 6) is 1.57. The van der Waals surface area contributed by atoms with E-state index in [1.165, 1.54) is 50.5 Å². The fourth-order valence-electron chi connectivity index (χ4n) is 4.06. The van der Waals surface area contributed by atoms with E-state index in [4.69, 9.17) is 38.9 Å². The molecule has 8 heteroatoms. The molecular weight excluding hydrogens is 522 g/mol. The fourth-order valence-corrected chi connectivity index (χ4v) is 4.06. The Balaban J connectivity index is 1.26. The number of ether oxygens (including phenoxy) is 7. The van der Waals surface area contributed by atoms with E-state index in [1.54, 1.807) is 0 Å². The molecule has 2 aromatic carbocycles. The number of nitrogens with two attached hydrogens (primary N) is 1. The van der Waals surface area contributed by atoms with Crippen molar-refractivity contribution < 1.29 is 33.2 Å². The van der Waals surface area contributed by atoms with Gasteiger partial charge >= 0.3 is 0 Å². The lowest BCUT2D eigenvalue weighted by molar-refractivity contribution is -0.0141. The molecule has 0 saturated carbocycles. The number of aryl methyl sites for hydroxylation is 1. The molecule has 0 aliphatic carbocycles. The number of anilines is 1. The van der Waals surface area contributed by atoms with E-state index in [2.05, 4.69) is 31.2 Å². The Morgan fingerprint density at radius 2 is 0.951 bits per heavy atom. The average Bonchev–Trinajstić information content (AvgIpc) is 2.99. The molecule has 232 valence electrons. The topological polar surface area (TPSA) is 90.6 Å². The number of hydrogen-bond acceptors (Lipinski definition) is 8. The minimum absolute atomic E-state index is 0.448. The summed E-state index contributed by atoms with van der Waals surface area (Å²) >= 11 is 0. The fraction of sp³-hybridized carbons (Fsp3) is 0.636. The molecule has 2 rings (SSSR count). The van der Waals surface area contributed by atoms with Crippen LogP contribution in [0.4, 0.5) is 5.69 Å². The molecule has 0 atom stereocenters. The van der Waals surface area contributed by atoms with Crippen LogP contribution in [0.2, 0.25) is 0 Å². The van der Waals surface area contributed by atoms with Crippen LogP contribution in [-0.2, 0) is 30.1 Å². The highest BCUT2D eigenvalue weighted by Gasteiger charge is 2.00. The molecule has 0 amide bonds. The van der Waals surface area contributed by atoms with Gasteiger partial charge < -0.3 is 38.9 Å². The van der Waals surface area contributed by atoms with Crippen molar-refractivity contribution in [2.24, 2.45) is 0 Å². The Bertz CT molecular complexity index is 850. The number of rotatable bonds is 28. The number of para-hydroxylation sites is 2. The third-order valence-electron chi connectivity index (χ3n) is 6.38. The normalized spacial score (nSPS) is 11.1. The molecule has 0 aliphatic heterocycles. The first-order valence-electron chi connectivity index (χ1n) is 15.4. The van der Waals surface area contributed by atoms with Gasteiger partial charge in [0.15, 0.2) is 0 Å². The van der Waals surface area contributed by atoms with Gasteiger partial charge in [0.05, 0.1) is 71.8 Å². The summed E-state index contributed by atoms with van der Waals surface area (Å²) in [7, 11) is 0. The SMILES string of the molecule is CCCCCCCCCc1ccc(OCCOCCOCCOCCOCCOCCOc2ccccc2N)cc1. The van der Waals surface area contributed by atoms with Crippen LogP contribution in [0.25, 0.3) is 0 Å². The zero-order valence-electron chi connectivity index (χ0n) is 25.2. The summed E-state index contributed by atoms with van der Waals surface area (Å²) in [6.07, 6.45) is 10.5. The van der Waals surface area contributed by atoms with Crippen molar-refractivity contribution in [1.82, 2.24) is 0 Å². The van der Waals surface area contributed by atoms with Crippen molar-refractivity contribution in [2.75, 3.05) is 85.0 Å². The highest BCUT2D eigenvalue weighted by molar-refractivity contribution is 5.51. The second-order valence-corrected chi connectivity index (χ2v) is 9.81. The summed E-state index contributed by atoms with van der Waals surface area (Å²) in [5.41, 5.74) is 7.83. The maximum absolute atomic E-state index is 5.82. The van der Waals surface area contributed by atoms with E-state index < -0.39 is 0 Å². The van der Waals surface area contributed by atoms with Gasteiger partial charge in [0.2, 0.25) is 0 Å². The summed E-state index contributed by atoms with van der Waals surface area (Å²) in [6.45, 7) is 8.44. The standard InChI is InChI=1S/C33H53NO7/c1-2-3-4-5-6-7-8-11-30-14-16-31(17-15-30)40-28-26-38-24-22-36-20-18-35-19-21-37-23-25-39-27-29-41-33-13-10-9-12-32(33)34/h9-10,12-17H,2-8,11,18-29,34H2,1H3. The van der Waals surface area contributed by atoms with E-state index in [-0.39, 0.29) is 0 Å². The molecule has 0 aromatic heterocycles. The molecule has 2 aromatic rings. The molecule has 0 unspecified atom stereocenters. The summed E-state index contributed by atoms with van der Waals surface area (Å²) < 4.78 is 38.9. The monoisotopic (exact) mass is 575 g/mol. The Morgan fingerprint density at radius 1 is 0.488 bits per heavy atom. The molecule has 41 heavy (non-hydrogen) atoms. The van der Waals surface area contributed by atoms with Gasteiger partial charge in [-0.25, -0.2) is 0 Å². The third-order valence-corrected chi connectivity index (χ3v) is 6.38. The van der Waals surface area contributed by atoms with Crippen molar-refractivity contribution >= 4 is 5.69 Å². The second kappa shape index (κ2) is 25.4. The Kier molecular flexibility index (Phi) is 21.5. The predicted octanol–water partition coefficient (Wildman–Crippen LogP) is 6.10. The number of nitrogen functional groups attached to an aromatic ring is 1. The van der Waals surface area contributed by atoms with E-state index in [0.717, 1.165) is 12.2 Å². The van der Waals surface area contributed by atoms with Crippen LogP contribution < -0.4 is 15.2 Å². The maximum atomic E-state index is 5.82. The van der Waals surface area contributed by atoms with Crippen LogP contribution in [0.1, 0.15) is 57.4 Å². The van der Waals surface area contributed by atoms with Gasteiger partial charge in [0.25, 0.3) is 0 Å². The maximum Gasteiger partial charge on any atom is 0.142 e. The lowest BCUT2D eigenvalue weighted by Gasteiger charge is -2.10. The minimum Gasteiger partial charge on any atom is -0.491 e. The van der Waals surface area contributed by atoms with E-state index in [1.807, 2.05) is 24.3 Å². The highest BCUT2D eigenvalue weighted by atomic mass is 16.6. The zero-order valence-corrected chi connectivity index (χ0v) is 25.2. The quantitative estimate of drug-likeness (QED) is 0.0961. The first kappa shape index (κ1) is 34.8. The third kappa shape index (κ3) is 19.4. The lowest BCUT2D eigenvalue weighted by Crippen LogP contribution is -2.15. The summed E-state index contributed by atoms with van der Waals surface area (Å²) in [4.78, 5) is 0. The van der Waals surface area contributed by atoms with Gasteiger partial charge in [-0.15, -0.1) is 0 Å². The summed E-state index contributed by atoms with van der Waals surface area (Å²) in [6, 6.07) is 15.9. The van der Waals surface area contributed by atoms with Gasteiger partial charge in [-0.3, -0.25) is 0 Å². The zero-order chi connectivity index (χ0) is 29.1. The summed E-state index contributed by atoms with van der Waals surface area (Å²) in [5, 5.41) is 0. The number of hydrogen-bond donors (Lipinski definition) is 1. The van der Waals surface area contributed by atoms with Crippen molar-refractivity contribution in [1.29, 1.82) is 0 Å². The van der Waals surface area contributed by atoms with Crippen molar-refractivity contribution in [3.05, 3.63) is 54.1 Å². The van der Waals surface area contributed by atoms with Gasteiger partial charge in [-0.05, 0) is 42.7 Å². The van der Waals surface area contributed by atoms with Crippen LogP contribution in [0.5, 0.6) is 11.5 Å². The van der Waals surface area contributed by atoms with Crippen molar-refractivity contribution in [3.63, 3.8) is 0 Å². The molecule has 0 bridgehead atoms. The van der Waals surface area contributed by atoms with Gasteiger partial charge in [-0.2, -0.15) is 0 Å². The van der Waals surface area contributed by atoms with Crippen LogP contribution in [0, 0.1) is 0 Å². The van der Waals surface area contributed by atoms with Crippen LogP contribution >= 0.6 is 0 Å². The first-order valence-corrected chi connectivity index (χ1v) is 15.4. The molecular formula is C33H53NO7. The van der Waals surface area contributed by atoms with Gasteiger partial charge in [0.1, 0.15) is 24.7 Å². The Labute approximate surface area is 247 Å². The molecule has 0 fully saturated rings. The van der Waals surface area contributed by atoms with E-state index in [9.17, 15) is 0 Å². The molecule has 0 spiro atoms. The molecule has 0 radical (unpaired) electrons. The smallest absolute Gasteiger partial charge is 0.142 e. The lowest BCUT2D eigenvalue weighted by atomic mass is 10.0. The van der Waals surface area contributed by atoms with Gasteiger partial charge in [0, 0.05) is 0 Å². The molecule has 8 nitrogen and oxygen atoms in total. The van der Waals surface area contributed by atoms with Crippen molar-refractivity contribution in [3.8, 4) is 11.5 Å². The van der Waals surface area contributed by atoms with E-state index >= 15 is 0 Å². The molecule has 0 saturated heterocycles. The van der Waals surface area contributed by atoms with Crippen LogP contribution in [-0.4, -0.2) is 79.3 Å². The first-order chi connectivity index (χ1) is 20.3. The number of benzene rings is 2. The minimum atomic E-state index is 0.448. The van der Waals surface area contributed by atoms with E-state index in [0.29, 0.717) is 90.7 Å².